The molecule has 1 aromatic heterocycles. The average molecular weight is 240 g/mol. The molecule has 0 saturated heterocycles. The van der Waals surface area contributed by atoms with E-state index in [0.29, 0.717) is 5.82 Å². The lowest BCUT2D eigenvalue weighted by Crippen LogP contribution is -2.45. The standard InChI is InChI=1S/C7H8F4N4O/c8-5(9)7(10,11)6(16)12-2-1-4-13-3-14-15-4/h3,5H,1-2H2,(H,12,16)(H,13,14,15). The molecule has 90 valence electrons. The molecule has 1 heterocycles. The molecule has 2 N–H and O–H groups in total. The fraction of sp³-hybridized carbons (Fsp3) is 0.571. The number of carbonyl (C=O) groups excluding carboxylic acids is 1. The first kappa shape index (κ1) is 12.4. The lowest BCUT2D eigenvalue weighted by atomic mass is 10.3. The predicted molar refractivity (Wildman–Crippen MR) is 44.0 cm³/mol. The third kappa shape index (κ3) is 2.91. The molecule has 16 heavy (non-hydrogen) atoms. The van der Waals surface area contributed by atoms with Crippen molar-refractivity contribution in [2.24, 2.45) is 0 Å². The lowest BCUT2D eigenvalue weighted by molar-refractivity contribution is -0.169. The van der Waals surface area contributed by atoms with Crippen LogP contribution >= 0.6 is 0 Å². The van der Waals surface area contributed by atoms with Gasteiger partial charge in [0.1, 0.15) is 12.2 Å². The molecule has 0 bridgehead atoms. The van der Waals surface area contributed by atoms with Crippen molar-refractivity contribution in [2.45, 2.75) is 18.8 Å². The monoisotopic (exact) mass is 240 g/mol. The first-order valence-electron chi connectivity index (χ1n) is 4.23. The van der Waals surface area contributed by atoms with Crippen molar-refractivity contribution >= 4 is 5.91 Å². The van der Waals surface area contributed by atoms with Gasteiger partial charge in [0.2, 0.25) is 0 Å². The summed E-state index contributed by atoms with van der Waals surface area (Å²) in [5, 5.41) is 7.59. The van der Waals surface area contributed by atoms with Gasteiger partial charge in [-0.15, -0.1) is 0 Å². The van der Waals surface area contributed by atoms with E-state index in [9.17, 15) is 22.4 Å². The summed E-state index contributed by atoms with van der Waals surface area (Å²) in [7, 11) is 0. The Morgan fingerprint density at radius 2 is 2.25 bits per heavy atom. The van der Waals surface area contributed by atoms with Crippen LogP contribution in [0.3, 0.4) is 0 Å². The molecule has 1 rings (SSSR count). The number of nitrogens with zero attached hydrogens (tertiary/aromatic N) is 2. The minimum atomic E-state index is -4.67. The summed E-state index contributed by atoms with van der Waals surface area (Å²) in [4.78, 5) is 14.3. The van der Waals surface area contributed by atoms with E-state index in [0.717, 1.165) is 0 Å². The lowest BCUT2D eigenvalue weighted by Gasteiger charge is -2.14. The van der Waals surface area contributed by atoms with Crippen LogP contribution in [-0.4, -0.2) is 40.0 Å². The number of nitrogens with one attached hydrogen (secondary N) is 2. The molecule has 9 heteroatoms. The molecule has 0 aliphatic heterocycles. The fourth-order valence-electron chi connectivity index (χ4n) is 0.863. The van der Waals surface area contributed by atoms with Gasteiger partial charge < -0.3 is 5.32 Å². The zero-order valence-electron chi connectivity index (χ0n) is 7.88. The number of hydrogen-bond donors (Lipinski definition) is 2. The van der Waals surface area contributed by atoms with E-state index in [4.69, 9.17) is 0 Å². The second kappa shape index (κ2) is 4.90. The Hall–Kier alpha value is -1.67. The Morgan fingerprint density at radius 3 is 2.75 bits per heavy atom. The summed E-state index contributed by atoms with van der Waals surface area (Å²) in [6, 6.07) is 0. The second-order valence-corrected chi connectivity index (χ2v) is 2.86. The number of amides is 1. The number of H-pyrrole nitrogens is 1. The molecule has 0 aliphatic rings. The molecule has 0 saturated carbocycles. The van der Waals surface area contributed by atoms with E-state index >= 15 is 0 Å². The maximum Gasteiger partial charge on any atom is 0.383 e. The van der Waals surface area contributed by atoms with Crippen molar-refractivity contribution < 1.29 is 22.4 Å². The molecular formula is C7H8F4N4O. The van der Waals surface area contributed by atoms with Gasteiger partial charge in [0.25, 0.3) is 5.91 Å². The van der Waals surface area contributed by atoms with Crippen molar-refractivity contribution in [2.75, 3.05) is 6.54 Å². The van der Waals surface area contributed by atoms with E-state index in [2.05, 4.69) is 15.2 Å². The largest absolute Gasteiger partial charge is 0.383 e. The van der Waals surface area contributed by atoms with Gasteiger partial charge in [-0.1, -0.05) is 0 Å². The van der Waals surface area contributed by atoms with E-state index in [-0.39, 0.29) is 13.0 Å². The van der Waals surface area contributed by atoms with Gasteiger partial charge in [0.05, 0.1) is 0 Å². The molecule has 0 aliphatic carbocycles. The van der Waals surface area contributed by atoms with Crippen LogP contribution in [0.25, 0.3) is 0 Å². The number of alkyl halides is 4. The zero-order valence-corrected chi connectivity index (χ0v) is 7.88. The number of carbonyl (C=O) groups is 1. The van der Waals surface area contributed by atoms with Crippen LogP contribution in [-0.2, 0) is 11.2 Å². The highest BCUT2D eigenvalue weighted by Crippen LogP contribution is 2.22. The normalized spacial score (nSPS) is 11.8. The van der Waals surface area contributed by atoms with E-state index in [1.54, 1.807) is 5.32 Å². The van der Waals surface area contributed by atoms with Crippen LogP contribution < -0.4 is 5.32 Å². The Kier molecular flexibility index (Phi) is 3.80. The molecule has 0 radical (unpaired) electrons. The number of aromatic nitrogens is 3. The molecule has 5 nitrogen and oxygen atoms in total. The second-order valence-electron chi connectivity index (χ2n) is 2.86. The fourth-order valence-corrected chi connectivity index (χ4v) is 0.863. The molecular weight excluding hydrogens is 232 g/mol. The topological polar surface area (TPSA) is 70.7 Å². The van der Waals surface area contributed by atoms with Crippen LogP contribution in [0.2, 0.25) is 0 Å². The Bertz CT molecular complexity index is 340. The van der Waals surface area contributed by atoms with E-state index in [1.165, 1.54) is 6.33 Å². The van der Waals surface area contributed by atoms with Crippen molar-refractivity contribution in [3.8, 4) is 0 Å². The van der Waals surface area contributed by atoms with Gasteiger partial charge in [-0.2, -0.15) is 13.9 Å². The number of hydrogen-bond acceptors (Lipinski definition) is 3. The summed E-state index contributed by atoms with van der Waals surface area (Å²) in [6.07, 6.45) is -2.71. The highest BCUT2D eigenvalue weighted by molar-refractivity contribution is 5.83. The number of aromatic amines is 1. The minimum absolute atomic E-state index is 0.102. The molecule has 0 unspecified atom stereocenters. The third-order valence-corrected chi connectivity index (χ3v) is 1.69. The number of halogens is 4. The SMILES string of the molecule is O=C(NCCc1ncn[nH]1)C(F)(F)C(F)F. The Labute approximate surface area is 87.2 Å². The maximum absolute atomic E-state index is 12.4. The first-order valence-corrected chi connectivity index (χ1v) is 4.23. The highest BCUT2D eigenvalue weighted by Gasteiger charge is 2.48. The Balaban J connectivity index is 2.36. The van der Waals surface area contributed by atoms with E-state index < -0.39 is 18.3 Å². The van der Waals surface area contributed by atoms with Gasteiger partial charge in [-0.05, 0) is 0 Å². The molecule has 0 fully saturated rings. The van der Waals surface area contributed by atoms with Gasteiger partial charge in [-0.3, -0.25) is 9.89 Å². The summed E-state index contributed by atoms with van der Waals surface area (Å²) < 4.78 is 48.3. The average Bonchev–Trinajstić information content (AvgIpc) is 2.70. The third-order valence-electron chi connectivity index (χ3n) is 1.69. The summed E-state index contributed by atoms with van der Waals surface area (Å²) in [6.45, 7) is -0.226. The van der Waals surface area contributed by atoms with Gasteiger partial charge in [-0.25, -0.2) is 13.8 Å². The molecule has 1 aromatic rings. The molecule has 0 atom stereocenters. The van der Waals surface area contributed by atoms with Crippen LogP contribution in [0.4, 0.5) is 17.6 Å². The number of rotatable bonds is 5. The van der Waals surface area contributed by atoms with Gasteiger partial charge in [0, 0.05) is 13.0 Å². The maximum atomic E-state index is 12.4. The van der Waals surface area contributed by atoms with Crippen molar-refractivity contribution in [3.63, 3.8) is 0 Å². The molecule has 0 spiro atoms. The molecule has 1 amide bonds. The van der Waals surface area contributed by atoms with Crippen LogP contribution in [0.1, 0.15) is 5.82 Å². The van der Waals surface area contributed by atoms with E-state index in [1.807, 2.05) is 0 Å². The van der Waals surface area contributed by atoms with Gasteiger partial charge >= 0.3 is 12.3 Å². The predicted octanol–water partition coefficient (Wildman–Crippen LogP) is 0.364. The summed E-state index contributed by atoms with van der Waals surface area (Å²) >= 11 is 0. The zero-order chi connectivity index (χ0) is 12.2. The van der Waals surface area contributed by atoms with Gasteiger partial charge in [0.15, 0.2) is 0 Å². The quantitative estimate of drug-likeness (QED) is 0.730. The minimum Gasteiger partial charge on any atom is -0.350 e. The van der Waals surface area contributed by atoms with Crippen molar-refractivity contribution in [1.29, 1.82) is 0 Å². The summed E-state index contributed by atoms with van der Waals surface area (Å²) in [5.74, 6) is -6.30. The molecule has 0 aromatic carbocycles. The van der Waals surface area contributed by atoms with Crippen molar-refractivity contribution in [1.82, 2.24) is 20.5 Å². The van der Waals surface area contributed by atoms with Crippen molar-refractivity contribution in [3.05, 3.63) is 12.2 Å². The van der Waals surface area contributed by atoms with Crippen LogP contribution in [0.5, 0.6) is 0 Å². The van der Waals surface area contributed by atoms with Crippen LogP contribution in [0, 0.1) is 0 Å². The highest BCUT2D eigenvalue weighted by atomic mass is 19.3. The first-order chi connectivity index (χ1) is 7.44. The smallest absolute Gasteiger partial charge is 0.350 e. The van der Waals surface area contributed by atoms with Crippen LogP contribution in [0.15, 0.2) is 6.33 Å². The Morgan fingerprint density at radius 1 is 1.56 bits per heavy atom. The summed E-state index contributed by atoms with van der Waals surface area (Å²) in [5.41, 5.74) is 0.